The van der Waals surface area contributed by atoms with E-state index in [1.165, 1.54) is 5.56 Å². The first kappa shape index (κ1) is 15.8. The lowest BCUT2D eigenvalue weighted by Crippen LogP contribution is -2.31. The van der Waals surface area contributed by atoms with Crippen molar-refractivity contribution in [2.75, 3.05) is 6.54 Å². The van der Waals surface area contributed by atoms with Crippen molar-refractivity contribution < 1.29 is 4.79 Å². The minimum absolute atomic E-state index is 0.0220. The van der Waals surface area contributed by atoms with Gasteiger partial charge in [-0.3, -0.25) is 14.6 Å². The Morgan fingerprint density at radius 3 is 2.87 bits per heavy atom. The van der Waals surface area contributed by atoms with E-state index in [9.17, 15) is 4.79 Å². The van der Waals surface area contributed by atoms with Gasteiger partial charge in [-0.1, -0.05) is 13.3 Å². The number of aromatic amines is 1. The number of H-pyrrole nitrogens is 1. The molecular formula is C17H25N5O. The summed E-state index contributed by atoms with van der Waals surface area (Å²) in [6, 6.07) is 2.01. The van der Waals surface area contributed by atoms with E-state index in [2.05, 4.69) is 29.1 Å². The van der Waals surface area contributed by atoms with Gasteiger partial charge in [0.1, 0.15) is 5.69 Å². The smallest absolute Gasteiger partial charge is 0.274 e. The molecule has 124 valence electrons. The van der Waals surface area contributed by atoms with Crippen LogP contribution in [0.5, 0.6) is 0 Å². The molecule has 1 saturated heterocycles. The van der Waals surface area contributed by atoms with E-state index in [1.54, 1.807) is 0 Å². The summed E-state index contributed by atoms with van der Waals surface area (Å²) in [5.74, 6) is 0.0220. The molecule has 1 aliphatic heterocycles. The van der Waals surface area contributed by atoms with E-state index < -0.39 is 0 Å². The molecule has 6 nitrogen and oxygen atoms in total. The van der Waals surface area contributed by atoms with Gasteiger partial charge in [-0.2, -0.15) is 10.2 Å². The van der Waals surface area contributed by atoms with Gasteiger partial charge in [0.2, 0.25) is 0 Å². The molecule has 1 N–H and O–H groups in total. The molecular weight excluding hydrogens is 290 g/mol. The van der Waals surface area contributed by atoms with Crippen molar-refractivity contribution in [2.45, 2.75) is 52.5 Å². The van der Waals surface area contributed by atoms with E-state index in [-0.39, 0.29) is 11.9 Å². The molecule has 3 heterocycles. The van der Waals surface area contributed by atoms with Crippen LogP contribution in [0.3, 0.4) is 0 Å². The van der Waals surface area contributed by atoms with Crippen LogP contribution in [0.4, 0.5) is 0 Å². The molecule has 0 aliphatic carbocycles. The Bertz CT molecular complexity index is 715. The lowest BCUT2D eigenvalue weighted by molar-refractivity contribution is 0.0729. The fourth-order valence-corrected chi connectivity index (χ4v) is 3.60. The number of likely N-dealkylation sites (tertiary alicyclic amines) is 1. The maximum Gasteiger partial charge on any atom is 0.274 e. The number of carbonyl (C=O) groups is 1. The van der Waals surface area contributed by atoms with Crippen molar-refractivity contribution in [3.63, 3.8) is 0 Å². The summed E-state index contributed by atoms with van der Waals surface area (Å²) in [6.45, 7) is 7.00. The molecule has 0 saturated carbocycles. The number of carbonyl (C=O) groups excluding carboxylic acids is 1. The zero-order valence-electron chi connectivity index (χ0n) is 14.4. The molecule has 0 spiro atoms. The second kappa shape index (κ2) is 6.18. The predicted octanol–water partition coefficient (Wildman–Crippen LogP) is 2.69. The monoisotopic (exact) mass is 315 g/mol. The van der Waals surface area contributed by atoms with Crippen LogP contribution in [0.25, 0.3) is 0 Å². The van der Waals surface area contributed by atoms with Crippen LogP contribution in [0.1, 0.15) is 65.4 Å². The molecule has 0 aromatic carbocycles. The summed E-state index contributed by atoms with van der Waals surface area (Å²) in [6.07, 6.45) is 3.97. The predicted molar refractivity (Wildman–Crippen MR) is 88.3 cm³/mol. The topological polar surface area (TPSA) is 66.8 Å². The van der Waals surface area contributed by atoms with Gasteiger partial charge in [0.05, 0.1) is 11.7 Å². The summed E-state index contributed by atoms with van der Waals surface area (Å²) in [5, 5.41) is 11.7. The highest BCUT2D eigenvalue weighted by molar-refractivity contribution is 5.93. The van der Waals surface area contributed by atoms with Crippen molar-refractivity contribution in [1.29, 1.82) is 0 Å². The maximum atomic E-state index is 12.9. The molecule has 1 aliphatic rings. The van der Waals surface area contributed by atoms with Gasteiger partial charge in [0.15, 0.2) is 0 Å². The standard InChI is InChI=1S/C17H25N5O/c1-5-7-13-10-14(19-18-13)17(23)22-9-6-8-15(22)16-11(2)20-21(4)12(16)3/h10,15H,5-9H2,1-4H3,(H,18,19). The second-order valence-electron chi connectivity index (χ2n) is 6.39. The number of nitrogens with zero attached hydrogens (tertiary/aromatic N) is 4. The molecule has 2 aromatic rings. The number of rotatable bonds is 4. The minimum Gasteiger partial charge on any atom is -0.330 e. The SMILES string of the molecule is CCCc1cc(C(=O)N2CCCC2c2c(C)nn(C)c2C)n[nH]1. The van der Waals surface area contributed by atoms with E-state index >= 15 is 0 Å². The third kappa shape index (κ3) is 2.78. The largest absolute Gasteiger partial charge is 0.330 e. The van der Waals surface area contributed by atoms with Crippen molar-refractivity contribution in [3.05, 3.63) is 34.4 Å². The molecule has 1 amide bonds. The zero-order chi connectivity index (χ0) is 16.6. The van der Waals surface area contributed by atoms with E-state index in [0.717, 1.165) is 49.3 Å². The van der Waals surface area contributed by atoms with Crippen molar-refractivity contribution in [3.8, 4) is 0 Å². The van der Waals surface area contributed by atoms with Crippen LogP contribution in [0.2, 0.25) is 0 Å². The van der Waals surface area contributed by atoms with Crippen molar-refractivity contribution >= 4 is 5.91 Å². The fourth-order valence-electron chi connectivity index (χ4n) is 3.60. The van der Waals surface area contributed by atoms with Gasteiger partial charge in [-0.15, -0.1) is 0 Å². The van der Waals surface area contributed by atoms with Crippen molar-refractivity contribution in [1.82, 2.24) is 24.9 Å². The highest BCUT2D eigenvalue weighted by Crippen LogP contribution is 2.36. The van der Waals surface area contributed by atoms with E-state index in [0.29, 0.717) is 5.69 Å². The maximum absolute atomic E-state index is 12.9. The fraction of sp³-hybridized carbons (Fsp3) is 0.588. The summed E-state index contributed by atoms with van der Waals surface area (Å²) in [7, 11) is 1.96. The molecule has 2 aromatic heterocycles. The minimum atomic E-state index is 0.0220. The number of aryl methyl sites for hydroxylation is 3. The molecule has 3 rings (SSSR count). The zero-order valence-corrected chi connectivity index (χ0v) is 14.4. The first-order valence-corrected chi connectivity index (χ1v) is 8.38. The molecule has 1 fully saturated rings. The summed E-state index contributed by atoms with van der Waals surface area (Å²) >= 11 is 0. The molecule has 0 radical (unpaired) electrons. The van der Waals surface area contributed by atoms with Crippen LogP contribution in [0, 0.1) is 13.8 Å². The Balaban J connectivity index is 1.87. The third-order valence-corrected chi connectivity index (χ3v) is 4.78. The average molecular weight is 315 g/mol. The molecule has 23 heavy (non-hydrogen) atoms. The first-order chi connectivity index (χ1) is 11.0. The van der Waals surface area contributed by atoms with Crippen molar-refractivity contribution in [2.24, 2.45) is 7.05 Å². The Morgan fingerprint density at radius 2 is 2.22 bits per heavy atom. The second-order valence-corrected chi connectivity index (χ2v) is 6.39. The molecule has 0 bridgehead atoms. The number of nitrogens with one attached hydrogen (secondary N) is 1. The molecule has 1 unspecified atom stereocenters. The Kier molecular flexibility index (Phi) is 4.24. The summed E-state index contributed by atoms with van der Waals surface area (Å²) < 4.78 is 1.90. The Hall–Kier alpha value is -2.11. The van der Waals surface area contributed by atoms with E-state index in [4.69, 9.17) is 0 Å². The normalized spacial score (nSPS) is 17.9. The summed E-state index contributed by atoms with van der Waals surface area (Å²) in [5.41, 5.74) is 4.91. The van der Waals surface area contributed by atoms with Crippen LogP contribution >= 0.6 is 0 Å². The average Bonchev–Trinajstić information content (AvgIpc) is 3.20. The van der Waals surface area contributed by atoms with E-state index in [1.807, 2.05) is 29.6 Å². The Labute approximate surface area is 136 Å². The first-order valence-electron chi connectivity index (χ1n) is 8.38. The van der Waals surface area contributed by atoms with Gasteiger partial charge in [0, 0.05) is 30.5 Å². The molecule has 6 heteroatoms. The lowest BCUT2D eigenvalue weighted by atomic mass is 10.0. The highest BCUT2D eigenvalue weighted by Gasteiger charge is 2.34. The van der Waals surface area contributed by atoms with Gasteiger partial charge < -0.3 is 4.90 Å². The number of amides is 1. The lowest BCUT2D eigenvalue weighted by Gasteiger charge is -2.24. The number of hydrogen-bond donors (Lipinski definition) is 1. The third-order valence-electron chi connectivity index (χ3n) is 4.78. The van der Waals surface area contributed by atoms with Gasteiger partial charge in [-0.05, 0) is 39.2 Å². The van der Waals surface area contributed by atoms with Crippen LogP contribution in [0.15, 0.2) is 6.07 Å². The van der Waals surface area contributed by atoms with Gasteiger partial charge in [0.25, 0.3) is 5.91 Å². The van der Waals surface area contributed by atoms with Crippen LogP contribution < -0.4 is 0 Å². The number of aromatic nitrogens is 4. The highest BCUT2D eigenvalue weighted by atomic mass is 16.2. The Morgan fingerprint density at radius 1 is 1.43 bits per heavy atom. The number of hydrogen-bond acceptors (Lipinski definition) is 3. The van der Waals surface area contributed by atoms with Crippen LogP contribution in [-0.2, 0) is 13.5 Å². The summed E-state index contributed by atoms with van der Waals surface area (Å²) in [4.78, 5) is 14.9. The van der Waals surface area contributed by atoms with Gasteiger partial charge in [-0.25, -0.2) is 0 Å². The quantitative estimate of drug-likeness (QED) is 0.943. The van der Waals surface area contributed by atoms with Gasteiger partial charge >= 0.3 is 0 Å². The molecule has 1 atom stereocenters. The van der Waals surface area contributed by atoms with Crippen LogP contribution in [-0.4, -0.2) is 37.3 Å².